The van der Waals surface area contributed by atoms with Gasteiger partial charge >= 0.3 is 0 Å². The molecule has 1 aromatic carbocycles. The Morgan fingerprint density at radius 3 is 1.97 bits per heavy atom. The molecule has 1 aliphatic heterocycles. The van der Waals surface area contributed by atoms with Crippen molar-refractivity contribution in [2.24, 2.45) is 0 Å². The third kappa shape index (κ3) is 6.81. The van der Waals surface area contributed by atoms with Crippen molar-refractivity contribution in [3.63, 3.8) is 0 Å². The molecular weight excluding hydrogens is 408 g/mol. The Kier molecular flexibility index (Phi) is 11.2. The van der Waals surface area contributed by atoms with E-state index in [1.54, 1.807) is 21.3 Å². The van der Waals surface area contributed by atoms with Crippen LogP contribution in [-0.4, -0.2) is 75.8 Å². The number of nitrogens with zero attached hydrogens (tertiary/aromatic N) is 2. The van der Waals surface area contributed by atoms with Crippen LogP contribution in [0.3, 0.4) is 0 Å². The number of rotatable bonds is 16. The number of carbonyl (C=O) groups excluding carboxylic acids is 2. The van der Waals surface area contributed by atoms with E-state index in [1.807, 2.05) is 29.2 Å². The minimum absolute atomic E-state index is 0.233. The van der Waals surface area contributed by atoms with E-state index in [4.69, 9.17) is 14.2 Å². The zero-order chi connectivity index (χ0) is 23.3. The smallest absolute Gasteiger partial charge is 0.277 e. The van der Waals surface area contributed by atoms with E-state index in [1.165, 1.54) is 24.2 Å². The fourth-order valence-corrected chi connectivity index (χ4v) is 3.87. The molecule has 7 heteroatoms. The van der Waals surface area contributed by atoms with E-state index in [0.29, 0.717) is 55.4 Å². The summed E-state index contributed by atoms with van der Waals surface area (Å²) in [4.78, 5) is 30.2. The van der Waals surface area contributed by atoms with E-state index in [9.17, 15) is 9.59 Å². The highest BCUT2D eigenvalue weighted by atomic mass is 16.5. The molecule has 1 aliphatic rings. The zero-order valence-corrected chi connectivity index (χ0v) is 20.0. The van der Waals surface area contributed by atoms with Gasteiger partial charge in [0.05, 0.1) is 25.9 Å². The Bertz CT molecular complexity index is 752. The average molecular weight is 447 g/mol. The van der Waals surface area contributed by atoms with Gasteiger partial charge in [0.1, 0.15) is 11.4 Å². The van der Waals surface area contributed by atoms with E-state index >= 15 is 0 Å². The highest BCUT2D eigenvalue weighted by molar-refractivity contribution is 6.35. The Morgan fingerprint density at radius 1 is 0.812 bits per heavy atom. The average Bonchev–Trinajstić information content (AvgIpc) is 3.06. The van der Waals surface area contributed by atoms with Gasteiger partial charge in [-0.15, -0.1) is 0 Å². The van der Waals surface area contributed by atoms with Crippen molar-refractivity contribution in [3.8, 4) is 5.75 Å². The van der Waals surface area contributed by atoms with Gasteiger partial charge in [-0.1, -0.05) is 51.2 Å². The number of imide groups is 1. The monoisotopic (exact) mass is 446 g/mol. The maximum absolute atomic E-state index is 13.5. The summed E-state index contributed by atoms with van der Waals surface area (Å²) in [5, 5.41) is 0. The molecule has 1 heterocycles. The van der Waals surface area contributed by atoms with Crippen molar-refractivity contribution in [2.45, 2.75) is 45.4 Å². The van der Waals surface area contributed by atoms with Crippen LogP contribution in [0, 0.1) is 0 Å². The van der Waals surface area contributed by atoms with Crippen molar-refractivity contribution in [3.05, 3.63) is 35.5 Å². The first-order valence-electron chi connectivity index (χ1n) is 11.6. The lowest BCUT2D eigenvalue weighted by Gasteiger charge is -2.25. The van der Waals surface area contributed by atoms with Crippen LogP contribution in [0.5, 0.6) is 5.75 Å². The third-order valence-electron chi connectivity index (χ3n) is 5.70. The summed E-state index contributed by atoms with van der Waals surface area (Å²) in [6.45, 7) is 4.52. The van der Waals surface area contributed by atoms with Gasteiger partial charge < -0.3 is 19.1 Å². The molecule has 0 radical (unpaired) electrons. The number of methoxy groups -OCH3 is 3. The molecule has 7 nitrogen and oxygen atoms in total. The number of benzene rings is 1. The Morgan fingerprint density at radius 2 is 1.41 bits per heavy atom. The van der Waals surface area contributed by atoms with Crippen LogP contribution in [0.1, 0.15) is 51.0 Å². The van der Waals surface area contributed by atoms with E-state index in [-0.39, 0.29) is 11.8 Å². The molecule has 0 aliphatic carbocycles. The normalized spacial score (nSPS) is 13.9. The van der Waals surface area contributed by atoms with Gasteiger partial charge in [-0.25, -0.2) is 0 Å². The van der Waals surface area contributed by atoms with E-state index in [2.05, 4.69) is 6.92 Å². The molecule has 0 saturated carbocycles. The van der Waals surface area contributed by atoms with Gasteiger partial charge in [-0.05, 0) is 24.1 Å². The topological polar surface area (TPSA) is 68.3 Å². The first-order valence-corrected chi connectivity index (χ1v) is 11.6. The first kappa shape index (κ1) is 25.9. The highest BCUT2D eigenvalue weighted by Gasteiger charge is 2.41. The zero-order valence-electron chi connectivity index (χ0n) is 20.0. The van der Waals surface area contributed by atoms with Crippen molar-refractivity contribution >= 4 is 17.4 Å². The van der Waals surface area contributed by atoms with Crippen molar-refractivity contribution < 1.29 is 23.8 Å². The minimum Gasteiger partial charge on any atom is -0.497 e. The molecule has 2 amide bonds. The second-order valence-corrected chi connectivity index (χ2v) is 7.95. The number of hydrogen-bond donors (Lipinski definition) is 0. The lowest BCUT2D eigenvalue weighted by molar-refractivity contribution is -0.137. The van der Waals surface area contributed by atoms with E-state index in [0.717, 1.165) is 19.3 Å². The fourth-order valence-electron chi connectivity index (χ4n) is 3.87. The molecule has 2 rings (SSSR count). The summed E-state index contributed by atoms with van der Waals surface area (Å²) in [6, 6.07) is 7.28. The summed E-state index contributed by atoms with van der Waals surface area (Å²) >= 11 is 0. The summed E-state index contributed by atoms with van der Waals surface area (Å²) in [6.07, 6.45) is 6.58. The standard InChI is InChI=1S/C25H38N2O5/c1-5-6-7-8-9-10-15-27-24(28)22(20-11-13-21(32-4)14-12-20)23(25(27)29)26(16-18-30-2)17-19-31-3/h11-14H,5-10,15-19H2,1-4H3. The largest absolute Gasteiger partial charge is 0.497 e. The Balaban J connectivity index is 2.30. The molecule has 0 atom stereocenters. The number of hydrogen-bond acceptors (Lipinski definition) is 6. The molecular formula is C25H38N2O5. The van der Waals surface area contributed by atoms with Gasteiger partial charge in [0.2, 0.25) is 0 Å². The fraction of sp³-hybridized carbons (Fsp3) is 0.600. The lowest BCUT2D eigenvalue weighted by atomic mass is 10.0. The summed E-state index contributed by atoms with van der Waals surface area (Å²) in [5.74, 6) is 0.234. The first-order chi connectivity index (χ1) is 15.6. The van der Waals surface area contributed by atoms with Crippen LogP contribution in [0.25, 0.3) is 5.57 Å². The quantitative estimate of drug-likeness (QED) is 0.285. The molecule has 0 spiro atoms. The van der Waals surface area contributed by atoms with Crippen molar-refractivity contribution in [1.29, 1.82) is 0 Å². The van der Waals surface area contributed by atoms with Crippen LogP contribution in [0.2, 0.25) is 0 Å². The van der Waals surface area contributed by atoms with Crippen LogP contribution in [0.4, 0.5) is 0 Å². The number of carbonyl (C=O) groups is 2. The molecule has 0 fully saturated rings. The maximum atomic E-state index is 13.5. The SMILES string of the molecule is CCCCCCCCN1C(=O)C(c2ccc(OC)cc2)=C(N(CCOC)CCOC)C1=O. The third-order valence-corrected chi connectivity index (χ3v) is 5.70. The molecule has 0 N–H and O–H groups in total. The summed E-state index contributed by atoms with van der Waals surface area (Å²) in [7, 11) is 4.85. The molecule has 0 aromatic heterocycles. The second kappa shape index (κ2) is 13.9. The predicted molar refractivity (Wildman–Crippen MR) is 125 cm³/mol. The molecule has 32 heavy (non-hydrogen) atoms. The molecule has 0 saturated heterocycles. The van der Waals surface area contributed by atoms with Gasteiger partial charge in [0.25, 0.3) is 11.8 Å². The lowest BCUT2D eigenvalue weighted by Crippen LogP contribution is -2.38. The molecule has 178 valence electrons. The number of unbranched alkanes of at least 4 members (excludes halogenated alkanes) is 5. The van der Waals surface area contributed by atoms with Crippen LogP contribution in [-0.2, 0) is 19.1 Å². The highest BCUT2D eigenvalue weighted by Crippen LogP contribution is 2.32. The van der Waals surface area contributed by atoms with Crippen LogP contribution >= 0.6 is 0 Å². The van der Waals surface area contributed by atoms with Crippen molar-refractivity contribution in [2.75, 3.05) is 54.2 Å². The summed E-state index contributed by atoms with van der Waals surface area (Å²) in [5.41, 5.74) is 1.58. The van der Waals surface area contributed by atoms with Crippen LogP contribution < -0.4 is 4.74 Å². The summed E-state index contributed by atoms with van der Waals surface area (Å²) < 4.78 is 15.8. The predicted octanol–water partition coefficient (Wildman–Crippen LogP) is 3.73. The van der Waals surface area contributed by atoms with Gasteiger partial charge in [-0.3, -0.25) is 14.5 Å². The molecule has 0 unspecified atom stereocenters. The number of ether oxygens (including phenoxy) is 3. The van der Waals surface area contributed by atoms with Gasteiger partial charge in [0.15, 0.2) is 0 Å². The minimum atomic E-state index is -0.235. The second-order valence-electron chi connectivity index (χ2n) is 7.95. The Hall–Kier alpha value is -2.38. The molecule has 0 bridgehead atoms. The van der Waals surface area contributed by atoms with Crippen LogP contribution in [0.15, 0.2) is 30.0 Å². The van der Waals surface area contributed by atoms with Gasteiger partial charge in [-0.2, -0.15) is 0 Å². The molecule has 1 aromatic rings. The Labute approximate surface area is 192 Å². The maximum Gasteiger partial charge on any atom is 0.277 e. The van der Waals surface area contributed by atoms with Gasteiger partial charge in [0, 0.05) is 33.9 Å². The number of amides is 2. The van der Waals surface area contributed by atoms with Crippen molar-refractivity contribution in [1.82, 2.24) is 9.80 Å². The van der Waals surface area contributed by atoms with E-state index < -0.39 is 0 Å².